The number of rotatable bonds is 6. The fourth-order valence-electron chi connectivity index (χ4n) is 3.99. The third-order valence-electron chi connectivity index (χ3n) is 5.60. The van der Waals surface area contributed by atoms with Crippen LogP contribution in [0, 0.1) is 11.7 Å². The minimum absolute atomic E-state index is 0.193. The lowest BCUT2D eigenvalue weighted by atomic mass is 9.93. The molecule has 11 heteroatoms. The first kappa shape index (κ1) is 21.3. The summed E-state index contributed by atoms with van der Waals surface area (Å²) >= 11 is 1.42. The quantitative estimate of drug-likeness (QED) is 0.696. The minimum Gasteiger partial charge on any atom is -0.442 e. The Hall–Kier alpha value is -2.95. The van der Waals surface area contributed by atoms with Gasteiger partial charge in [0.05, 0.1) is 24.5 Å². The number of hydrogen-bond acceptors (Lipinski definition) is 8. The summed E-state index contributed by atoms with van der Waals surface area (Å²) in [6, 6.07) is 4.81. The maximum Gasteiger partial charge on any atom is 0.414 e. The largest absolute Gasteiger partial charge is 0.442 e. The fraction of sp³-hybridized carbons (Fsp3) is 0.500. The van der Waals surface area contributed by atoms with E-state index in [9.17, 15) is 14.0 Å². The van der Waals surface area contributed by atoms with Crippen molar-refractivity contribution in [3.05, 3.63) is 29.0 Å². The van der Waals surface area contributed by atoms with Gasteiger partial charge in [0.15, 0.2) is 0 Å². The Morgan fingerprint density at radius 2 is 2.13 bits per heavy atom. The number of benzene rings is 1. The molecule has 31 heavy (non-hydrogen) atoms. The topological polar surface area (TPSA) is 114 Å². The van der Waals surface area contributed by atoms with E-state index in [-0.39, 0.29) is 24.8 Å². The van der Waals surface area contributed by atoms with Gasteiger partial charge in [-0.3, -0.25) is 9.69 Å². The number of carbonyl (C=O) groups excluding carboxylic acids is 2. The van der Waals surface area contributed by atoms with Crippen molar-refractivity contribution < 1.29 is 18.7 Å². The Kier molecular flexibility index (Phi) is 6.21. The number of piperidine rings is 1. The summed E-state index contributed by atoms with van der Waals surface area (Å²) in [5.74, 6) is -0.0853. The van der Waals surface area contributed by atoms with Crippen molar-refractivity contribution in [1.29, 1.82) is 0 Å². The van der Waals surface area contributed by atoms with Gasteiger partial charge in [0, 0.05) is 26.4 Å². The smallest absolute Gasteiger partial charge is 0.414 e. The lowest BCUT2D eigenvalue weighted by Gasteiger charge is -2.33. The Morgan fingerprint density at radius 3 is 2.77 bits per heavy atom. The number of ether oxygens (including phenoxy) is 1. The van der Waals surface area contributed by atoms with Crippen molar-refractivity contribution in [2.24, 2.45) is 5.92 Å². The molecule has 0 radical (unpaired) electrons. The Labute approximate surface area is 183 Å². The molecule has 2 aliphatic heterocycles. The van der Waals surface area contributed by atoms with E-state index in [0.29, 0.717) is 22.4 Å². The van der Waals surface area contributed by atoms with Gasteiger partial charge in [-0.1, -0.05) is 11.3 Å². The number of nitrogens with one attached hydrogen (secondary N) is 1. The number of hydrogen-bond donors (Lipinski definition) is 2. The zero-order chi connectivity index (χ0) is 22.0. The van der Waals surface area contributed by atoms with E-state index in [4.69, 9.17) is 10.5 Å². The van der Waals surface area contributed by atoms with E-state index in [1.54, 1.807) is 12.1 Å². The third kappa shape index (κ3) is 5.04. The van der Waals surface area contributed by atoms with E-state index in [2.05, 4.69) is 15.5 Å². The summed E-state index contributed by atoms with van der Waals surface area (Å²) in [5.41, 5.74) is 6.62. The van der Waals surface area contributed by atoms with Gasteiger partial charge in [0.2, 0.25) is 11.0 Å². The zero-order valence-electron chi connectivity index (χ0n) is 17.2. The average Bonchev–Trinajstić information content (AvgIpc) is 3.32. The Morgan fingerprint density at radius 1 is 1.35 bits per heavy atom. The molecule has 9 nitrogen and oxygen atoms in total. The molecule has 0 aliphatic carbocycles. The fourth-order valence-corrected chi connectivity index (χ4v) is 4.71. The lowest BCUT2D eigenvalue weighted by Crippen LogP contribution is -2.35. The van der Waals surface area contributed by atoms with Crippen molar-refractivity contribution >= 4 is 39.8 Å². The van der Waals surface area contributed by atoms with E-state index >= 15 is 0 Å². The second-order valence-corrected chi connectivity index (χ2v) is 8.95. The maximum atomic E-state index is 14.9. The molecule has 2 aromatic rings. The van der Waals surface area contributed by atoms with Crippen molar-refractivity contribution in [3.63, 3.8) is 0 Å². The molecule has 1 aromatic heterocycles. The zero-order valence-corrected chi connectivity index (χ0v) is 18.0. The van der Waals surface area contributed by atoms with Gasteiger partial charge in [-0.05, 0) is 37.0 Å². The van der Waals surface area contributed by atoms with Gasteiger partial charge in [0.1, 0.15) is 16.9 Å². The molecule has 2 saturated heterocycles. The molecule has 0 bridgehead atoms. The van der Waals surface area contributed by atoms with Crippen LogP contribution in [0.3, 0.4) is 0 Å². The summed E-state index contributed by atoms with van der Waals surface area (Å²) in [5, 5.41) is 12.0. The van der Waals surface area contributed by atoms with E-state index < -0.39 is 12.2 Å². The molecule has 4 rings (SSSR count). The number of nitrogens with two attached hydrogens (primary N) is 1. The molecular formula is C20H25FN6O3S. The van der Waals surface area contributed by atoms with E-state index in [1.165, 1.54) is 29.2 Å². The third-order valence-corrected chi connectivity index (χ3v) is 6.37. The highest BCUT2D eigenvalue weighted by molar-refractivity contribution is 7.15. The molecule has 3 N–H and O–H groups in total. The standard InChI is InChI=1S/C20H25FN6O3S/c1-12(28)23-10-15-11-27(20(29)30-15)14-2-3-17(16(21)9-14)26-6-4-13(5-7-26)8-18-24-25-19(22)31-18/h2-3,9,13,15H,4-8,10-11H2,1H3,(H2,22,25)(H,23,28)/t15-/m0/s1. The number of cyclic esters (lactones) is 1. The van der Waals surface area contributed by atoms with Crippen LogP contribution in [0.4, 0.5) is 25.7 Å². The Bertz CT molecular complexity index is 962. The first-order valence-electron chi connectivity index (χ1n) is 10.2. The van der Waals surface area contributed by atoms with Crippen LogP contribution in [0.2, 0.25) is 0 Å². The highest BCUT2D eigenvalue weighted by Crippen LogP contribution is 2.31. The van der Waals surface area contributed by atoms with Crippen LogP contribution in [0.1, 0.15) is 24.8 Å². The van der Waals surface area contributed by atoms with Gasteiger partial charge in [0.25, 0.3) is 0 Å². The van der Waals surface area contributed by atoms with Gasteiger partial charge in [-0.15, -0.1) is 10.2 Å². The number of carbonyl (C=O) groups is 2. The monoisotopic (exact) mass is 448 g/mol. The molecule has 2 aliphatic rings. The number of nitrogens with zero attached hydrogens (tertiary/aromatic N) is 4. The molecule has 2 amide bonds. The maximum absolute atomic E-state index is 14.9. The van der Waals surface area contributed by atoms with Crippen molar-refractivity contribution in [1.82, 2.24) is 15.5 Å². The molecule has 1 aromatic carbocycles. The SMILES string of the molecule is CC(=O)NC[C@H]1CN(c2ccc(N3CCC(Cc4nnc(N)s4)CC3)c(F)c2)C(=O)O1. The highest BCUT2D eigenvalue weighted by atomic mass is 32.1. The molecule has 166 valence electrons. The van der Waals surface area contributed by atoms with Crippen molar-refractivity contribution in [3.8, 4) is 0 Å². The molecule has 2 fully saturated rings. The van der Waals surface area contributed by atoms with Crippen LogP contribution in [-0.2, 0) is 16.0 Å². The predicted octanol–water partition coefficient (Wildman–Crippen LogP) is 2.18. The summed E-state index contributed by atoms with van der Waals surface area (Å²) in [6.07, 6.45) is 1.72. The number of amides is 2. The van der Waals surface area contributed by atoms with Gasteiger partial charge >= 0.3 is 6.09 Å². The van der Waals surface area contributed by atoms with Gasteiger partial charge in [-0.25, -0.2) is 9.18 Å². The first-order valence-corrected chi connectivity index (χ1v) is 11.1. The van der Waals surface area contributed by atoms with Gasteiger partial charge < -0.3 is 20.7 Å². The molecular weight excluding hydrogens is 423 g/mol. The van der Waals surface area contributed by atoms with Gasteiger partial charge in [-0.2, -0.15) is 0 Å². The summed E-state index contributed by atoms with van der Waals surface area (Å²) in [7, 11) is 0. The van der Waals surface area contributed by atoms with Crippen LogP contribution in [0.15, 0.2) is 18.2 Å². The van der Waals surface area contributed by atoms with Crippen molar-refractivity contribution in [2.75, 3.05) is 41.7 Å². The predicted molar refractivity (Wildman–Crippen MR) is 116 cm³/mol. The Balaban J connectivity index is 1.35. The molecule has 0 spiro atoms. The van der Waals surface area contributed by atoms with Crippen LogP contribution >= 0.6 is 11.3 Å². The average molecular weight is 449 g/mol. The summed E-state index contributed by atoms with van der Waals surface area (Å²) in [6.45, 7) is 3.40. The number of nitrogen functional groups attached to an aromatic ring is 1. The summed E-state index contributed by atoms with van der Waals surface area (Å²) in [4.78, 5) is 26.6. The molecule has 3 heterocycles. The molecule has 0 unspecified atom stereocenters. The van der Waals surface area contributed by atoms with Crippen LogP contribution in [0.25, 0.3) is 0 Å². The number of anilines is 3. The lowest BCUT2D eigenvalue weighted by molar-refractivity contribution is -0.119. The van der Waals surface area contributed by atoms with E-state index in [0.717, 1.165) is 37.4 Å². The second kappa shape index (κ2) is 9.04. The van der Waals surface area contributed by atoms with Crippen LogP contribution in [-0.4, -0.2) is 54.5 Å². The minimum atomic E-state index is -0.541. The number of halogens is 1. The first-order chi connectivity index (χ1) is 14.9. The number of aromatic nitrogens is 2. The molecule has 0 saturated carbocycles. The normalized spacial score (nSPS) is 19.5. The van der Waals surface area contributed by atoms with E-state index in [1.807, 2.05) is 4.90 Å². The molecule has 1 atom stereocenters. The van der Waals surface area contributed by atoms with Crippen LogP contribution < -0.4 is 20.9 Å². The van der Waals surface area contributed by atoms with Crippen LogP contribution in [0.5, 0.6) is 0 Å². The van der Waals surface area contributed by atoms with Crippen molar-refractivity contribution in [2.45, 2.75) is 32.3 Å². The highest BCUT2D eigenvalue weighted by Gasteiger charge is 2.33. The summed E-state index contributed by atoms with van der Waals surface area (Å²) < 4.78 is 20.2. The second-order valence-electron chi connectivity index (χ2n) is 7.86.